The molecule has 4 fully saturated rings. The highest BCUT2D eigenvalue weighted by atomic mass is 15.2. The Hall–Kier alpha value is -1.88. The molecule has 2 aromatic rings. The highest BCUT2D eigenvalue weighted by Crippen LogP contribution is 2.67. The molecule has 4 nitrogen and oxygen atoms in total. The Morgan fingerprint density at radius 3 is 2.03 bits per heavy atom. The maximum atomic E-state index is 3.86. The Bertz CT molecular complexity index is 952. The van der Waals surface area contributed by atoms with Gasteiger partial charge < -0.3 is 20.9 Å². The second-order valence-electron chi connectivity index (χ2n) is 10.8. The molecule has 3 N–H and O–H groups in total. The average molecular weight is 429 g/mol. The minimum atomic E-state index is 0.283. The van der Waals surface area contributed by atoms with E-state index in [9.17, 15) is 0 Å². The van der Waals surface area contributed by atoms with E-state index in [-0.39, 0.29) is 5.41 Å². The summed E-state index contributed by atoms with van der Waals surface area (Å²) >= 11 is 0. The zero-order valence-corrected chi connectivity index (χ0v) is 19.0. The van der Waals surface area contributed by atoms with Gasteiger partial charge in [-0.1, -0.05) is 36.4 Å². The lowest BCUT2D eigenvalue weighted by molar-refractivity contribution is 0.0657. The van der Waals surface area contributed by atoms with Crippen molar-refractivity contribution < 1.29 is 0 Å². The van der Waals surface area contributed by atoms with Crippen LogP contribution in [0.5, 0.6) is 0 Å². The molecule has 4 heterocycles. The van der Waals surface area contributed by atoms with Crippen LogP contribution in [-0.2, 0) is 5.41 Å². The molecule has 1 aliphatic carbocycles. The van der Waals surface area contributed by atoms with E-state index in [1.165, 1.54) is 56.8 Å². The van der Waals surface area contributed by atoms with E-state index in [2.05, 4.69) is 75.4 Å². The molecule has 0 bridgehead atoms. The van der Waals surface area contributed by atoms with Crippen molar-refractivity contribution in [1.29, 1.82) is 0 Å². The van der Waals surface area contributed by atoms with Gasteiger partial charge in [0.1, 0.15) is 0 Å². The SMILES string of the molecule is c1ccc(N2c3ccccc3C3(C4CNCCC4C4CCNCC43)C3CCNCC32)cc1. The number of hydrogen-bond donors (Lipinski definition) is 3. The van der Waals surface area contributed by atoms with Gasteiger partial charge in [0, 0.05) is 23.3 Å². The van der Waals surface area contributed by atoms with Crippen molar-refractivity contribution in [1.82, 2.24) is 16.0 Å². The van der Waals surface area contributed by atoms with Crippen molar-refractivity contribution in [2.45, 2.75) is 30.7 Å². The largest absolute Gasteiger partial charge is 0.337 e. The minimum absolute atomic E-state index is 0.283. The van der Waals surface area contributed by atoms with Gasteiger partial charge in [-0.3, -0.25) is 0 Å². The van der Waals surface area contributed by atoms with Crippen molar-refractivity contribution in [2.24, 2.45) is 29.6 Å². The first-order valence-corrected chi connectivity index (χ1v) is 13.0. The van der Waals surface area contributed by atoms with Crippen LogP contribution in [0.15, 0.2) is 54.6 Å². The summed E-state index contributed by atoms with van der Waals surface area (Å²) < 4.78 is 0. The molecule has 3 saturated heterocycles. The van der Waals surface area contributed by atoms with Crippen LogP contribution in [0, 0.1) is 29.6 Å². The summed E-state index contributed by atoms with van der Waals surface area (Å²) in [5, 5.41) is 11.5. The number of nitrogens with zero attached hydrogens (tertiary/aromatic N) is 1. The summed E-state index contributed by atoms with van der Waals surface area (Å²) in [5.74, 6) is 3.98. The molecule has 4 aliphatic heterocycles. The van der Waals surface area contributed by atoms with E-state index in [1.54, 1.807) is 5.56 Å². The summed E-state index contributed by atoms with van der Waals surface area (Å²) in [6.45, 7) is 7.07. The molecular formula is C28H36N4. The number of rotatable bonds is 1. The Morgan fingerprint density at radius 2 is 1.28 bits per heavy atom. The first kappa shape index (κ1) is 19.6. The number of hydrogen-bond acceptors (Lipinski definition) is 4. The van der Waals surface area contributed by atoms with Gasteiger partial charge in [0.15, 0.2) is 0 Å². The third kappa shape index (κ3) is 2.55. The van der Waals surface area contributed by atoms with Gasteiger partial charge in [0.05, 0.1) is 6.04 Å². The number of anilines is 2. The van der Waals surface area contributed by atoms with Crippen molar-refractivity contribution in [3.63, 3.8) is 0 Å². The van der Waals surface area contributed by atoms with Crippen LogP contribution in [0.1, 0.15) is 24.8 Å². The number of piperidine rings is 3. The average Bonchev–Trinajstić information content (AvgIpc) is 3.16. The van der Waals surface area contributed by atoms with E-state index in [0.29, 0.717) is 12.0 Å². The second kappa shape index (κ2) is 7.58. The predicted octanol–water partition coefficient (Wildman–Crippen LogP) is 3.52. The van der Waals surface area contributed by atoms with Crippen molar-refractivity contribution in [3.8, 4) is 0 Å². The maximum Gasteiger partial charge on any atom is 0.0504 e. The lowest BCUT2D eigenvalue weighted by Crippen LogP contribution is -2.65. The summed E-state index contributed by atoms with van der Waals surface area (Å²) in [5.41, 5.74) is 4.76. The topological polar surface area (TPSA) is 39.3 Å². The zero-order chi connectivity index (χ0) is 21.1. The van der Waals surface area contributed by atoms with Crippen molar-refractivity contribution in [2.75, 3.05) is 44.2 Å². The van der Waals surface area contributed by atoms with Crippen LogP contribution in [-0.4, -0.2) is 45.3 Å². The van der Waals surface area contributed by atoms with E-state index in [1.807, 2.05) is 0 Å². The Labute approximate surface area is 192 Å². The Kier molecular flexibility index (Phi) is 4.64. The number of para-hydroxylation sites is 2. The summed E-state index contributed by atoms with van der Waals surface area (Å²) in [6, 6.07) is 21.2. The molecule has 1 saturated carbocycles. The highest BCUT2D eigenvalue weighted by Gasteiger charge is 2.67. The van der Waals surface area contributed by atoms with E-state index in [4.69, 9.17) is 0 Å². The van der Waals surface area contributed by atoms with Crippen LogP contribution in [0.25, 0.3) is 0 Å². The van der Waals surface area contributed by atoms with Gasteiger partial charge in [0.25, 0.3) is 0 Å². The van der Waals surface area contributed by atoms with E-state index >= 15 is 0 Å². The molecule has 5 aliphatic rings. The van der Waals surface area contributed by atoms with Gasteiger partial charge in [-0.15, -0.1) is 0 Å². The fraction of sp³-hybridized carbons (Fsp3) is 0.571. The minimum Gasteiger partial charge on any atom is -0.337 e. The molecule has 168 valence electrons. The quantitative estimate of drug-likeness (QED) is 0.650. The lowest BCUT2D eigenvalue weighted by Gasteiger charge is -2.60. The molecule has 6 unspecified atom stereocenters. The standard InChI is InChI=1S/C28H36N4/c1-2-6-19(7-3-1)32-26-9-5-4-8-22(26)28(23-12-15-31-18-27(23)32)24-16-29-13-10-20(24)21-11-14-30-17-25(21)28/h1-9,20-21,23-25,27,29-31H,10-18H2. The molecule has 7 rings (SSSR count). The van der Waals surface area contributed by atoms with Crippen molar-refractivity contribution >= 4 is 11.4 Å². The molecule has 32 heavy (non-hydrogen) atoms. The third-order valence-corrected chi connectivity index (χ3v) is 9.91. The maximum absolute atomic E-state index is 3.86. The molecule has 0 aromatic heterocycles. The first-order chi connectivity index (χ1) is 15.9. The van der Waals surface area contributed by atoms with Gasteiger partial charge in [-0.25, -0.2) is 0 Å². The first-order valence-electron chi connectivity index (χ1n) is 13.0. The molecule has 1 spiro atoms. The molecule has 6 atom stereocenters. The highest BCUT2D eigenvalue weighted by molar-refractivity contribution is 5.72. The van der Waals surface area contributed by atoms with Crippen LogP contribution in [0.3, 0.4) is 0 Å². The molecule has 0 radical (unpaired) electrons. The van der Waals surface area contributed by atoms with Gasteiger partial charge >= 0.3 is 0 Å². The second-order valence-corrected chi connectivity index (χ2v) is 10.8. The molecular weight excluding hydrogens is 392 g/mol. The fourth-order valence-corrected chi connectivity index (χ4v) is 9.07. The fourth-order valence-electron chi connectivity index (χ4n) is 9.07. The van der Waals surface area contributed by atoms with E-state index in [0.717, 1.165) is 36.8 Å². The van der Waals surface area contributed by atoms with Crippen molar-refractivity contribution in [3.05, 3.63) is 60.2 Å². The number of fused-ring (bicyclic) bond motifs is 9. The monoisotopic (exact) mass is 428 g/mol. The van der Waals surface area contributed by atoms with Gasteiger partial charge in [-0.05, 0) is 105 Å². The third-order valence-electron chi connectivity index (χ3n) is 9.91. The van der Waals surface area contributed by atoms with Gasteiger partial charge in [0.2, 0.25) is 0 Å². The smallest absolute Gasteiger partial charge is 0.0504 e. The number of benzene rings is 2. The van der Waals surface area contributed by atoms with Crippen LogP contribution >= 0.6 is 0 Å². The molecule has 2 aromatic carbocycles. The Balaban J connectivity index is 1.48. The molecule has 4 heteroatoms. The number of nitrogens with one attached hydrogen (secondary N) is 3. The van der Waals surface area contributed by atoms with Crippen LogP contribution in [0.2, 0.25) is 0 Å². The zero-order valence-electron chi connectivity index (χ0n) is 19.0. The summed E-state index contributed by atoms with van der Waals surface area (Å²) in [7, 11) is 0. The normalized spacial score (nSPS) is 40.3. The lowest BCUT2D eigenvalue weighted by atomic mass is 9.52. The van der Waals surface area contributed by atoms with E-state index < -0.39 is 0 Å². The van der Waals surface area contributed by atoms with Crippen LogP contribution in [0.4, 0.5) is 11.4 Å². The summed E-state index contributed by atoms with van der Waals surface area (Å²) in [6.07, 6.45) is 4.02. The predicted molar refractivity (Wildman–Crippen MR) is 130 cm³/mol. The van der Waals surface area contributed by atoms with Crippen LogP contribution < -0.4 is 20.9 Å². The van der Waals surface area contributed by atoms with Gasteiger partial charge in [-0.2, -0.15) is 0 Å². The summed E-state index contributed by atoms with van der Waals surface area (Å²) in [4.78, 5) is 2.70. The Morgan fingerprint density at radius 1 is 0.656 bits per heavy atom. The molecule has 0 amide bonds.